The highest BCUT2D eigenvalue weighted by atomic mass is 15.1. The number of hydrogen-bond acceptors (Lipinski definition) is 3. The molecule has 0 bridgehead atoms. The Morgan fingerprint density at radius 3 is 2.84 bits per heavy atom. The molecule has 3 rings (SSSR count). The van der Waals surface area contributed by atoms with E-state index in [2.05, 4.69) is 52.8 Å². The molecule has 0 saturated carbocycles. The Morgan fingerprint density at radius 1 is 1.05 bits per heavy atom. The Hall–Kier alpha value is -2.42. The van der Waals surface area contributed by atoms with E-state index >= 15 is 0 Å². The van der Waals surface area contributed by atoms with Crippen LogP contribution in [0.1, 0.15) is 11.1 Å². The van der Waals surface area contributed by atoms with Gasteiger partial charge in [-0.25, -0.2) is 0 Å². The summed E-state index contributed by atoms with van der Waals surface area (Å²) >= 11 is 0. The lowest BCUT2D eigenvalue weighted by molar-refractivity contribution is 1.06. The van der Waals surface area contributed by atoms with Gasteiger partial charge in [-0.1, -0.05) is 48.0 Å². The van der Waals surface area contributed by atoms with Crippen molar-refractivity contribution in [3.05, 3.63) is 65.9 Å². The Bertz CT molecular complexity index is 702. The maximum atomic E-state index is 4.12. The van der Waals surface area contributed by atoms with Gasteiger partial charge in [-0.15, -0.1) is 0 Å². The highest BCUT2D eigenvalue weighted by Crippen LogP contribution is 2.20. The van der Waals surface area contributed by atoms with E-state index in [-0.39, 0.29) is 0 Å². The van der Waals surface area contributed by atoms with E-state index in [9.17, 15) is 0 Å². The van der Waals surface area contributed by atoms with Crippen LogP contribution < -0.4 is 5.32 Å². The summed E-state index contributed by atoms with van der Waals surface area (Å²) in [6.07, 6.45) is 1.78. The number of fused-ring (bicyclic) bond motifs is 1. The molecule has 94 valence electrons. The fourth-order valence-electron chi connectivity index (χ4n) is 2.17. The standard InChI is InChI=1S/C16H15N3/c1-12-5-4-6-13(9-12)10-17-16-11-18-19-15-8-3-2-7-14(15)16/h2-9,11H,10H2,1H3,(H,17,19). The molecule has 0 unspecified atom stereocenters. The monoisotopic (exact) mass is 249 g/mol. The Morgan fingerprint density at radius 2 is 1.95 bits per heavy atom. The molecule has 1 heterocycles. The second-order valence-electron chi connectivity index (χ2n) is 4.62. The molecule has 0 aliphatic heterocycles. The normalized spacial score (nSPS) is 10.6. The largest absolute Gasteiger partial charge is 0.379 e. The van der Waals surface area contributed by atoms with Gasteiger partial charge in [0, 0.05) is 11.9 Å². The lowest BCUT2D eigenvalue weighted by atomic mass is 10.1. The molecule has 2 aromatic carbocycles. The summed E-state index contributed by atoms with van der Waals surface area (Å²) in [5.74, 6) is 0. The van der Waals surface area contributed by atoms with E-state index in [1.165, 1.54) is 11.1 Å². The predicted molar refractivity (Wildman–Crippen MR) is 78.0 cm³/mol. The average molecular weight is 249 g/mol. The van der Waals surface area contributed by atoms with Crippen LogP contribution in [0.5, 0.6) is 0 Å². The van der Waals surface area contributed by atoms with Gasteiger partial charge in [0.1, 0.15) is 0 Å². The molecule has 0 spiro atoms. The summed E-state index contributed by atoms with van der Waals surface area (Å²) in [6, 6.07) is 16.5. The number of nitrogens with one attached hydrogen (secondary N) is 1. The number of aryl methyl sites for hydroxylation is 1. The molecule has 0 saturated heterocycles. The van der Waals surface area contributed by atoms with E-state index < -0.39 is 0 Å². The van der Waals surface area contributed by atoms with Crippen LogP contribution >= 0.6 is 0 Å². The van der Waals surface area contributed by atoms with Crippen molar-refractivity contribution in [2.45, 2.75) is 13.5 Å². The number of nitrogens with zero attached hydrogens (tertiary/aromatic N) is 2. The SMILES string of the molecule is Cc1cccc(CNc2cnnc3ccccc23)c1. The van der Waals surface area contributed by atoms with Crippen molar-refractivity contribution in [2.24, 2.45) is 0 Å². The minimum Gasteiger partial charge on any atom is -0.379 e. The van der Waals surface area contributed by atoms with Gasteiger partial charge in [0.05, 0.1) is 17.4 Å². The molecule has 1 N–H and O–H groups in total. The van der Waals surface area contributed by atoms with E-state index in [1.54, 1.807) is 6.20 Å². The molecule has 0 amide bonds. The average Bonchev–Trinajstić information content (AvgIpc) is 2.45. The quantitative estimate of drug-likeness (QED) is 0.771. The first kappa shape index (κ1) is 11.7. The third kappa shape index (κ3) is 2.55. The minimum atomic E-state index is 0.789. The van der Waals surface area contributed by atoms with Crippen molar-refractivity contribution in [2.75, 3.05) is 5.32 Å². The van der Waals surface area contributed by atoms with Crippen molar-refractivity contribution in [3.8, 4) is 0 Å². The lowest BCUT2D eigenvalue weighted by Crippen LogP contribution is -2.01. The fourth-order valence-corrected chi connectivity index (χ4v) is 2.17. The maximum absolute atomic E-state index is 4.12. The third-order valence-corrected chi connectivity index (χ3v) is 3.11. The Balaban J connectivity index is 1.86. The van der Waals surface area contributed by atoms with Crippen molar-refractivity contribution in [3.63, 3.8) is 0 Å². The number of anilines is 1. The van der Waals surface area contributed by atoms with Gasteiger partial charge in [0.15, 0.2) is 0 Å². The second kappa shape index (κ2) is 5.06. The molecular weight excluding hydrogens is 234 g/mol. The maximum Gasteiger partial charge on any atom is 0.0950 e. The number of rotatable bonds is 3. The van der Waals surface area contributed by atoms with E-state index in [0.29, 0.717) is 0 Å². The molecule has 3 heteroatoms. The number of aromatic nitrogens is 2. The molecule has 0 aliphatic rings. The van der Waals surface area contributed by atoms with Crippen LogP contribution in [0.25, 0.3) is 10.9 Å². The van der Waals surface area contributed by atoms with Gasteiger partial charge in [0.2, 0.25) is 0 Å². The van der Waals surface area contributed by atoms with E-state index in [1.807, 2.05) is 18.2 Å². The van der Waals surface area contributed by atoms with Crippen LogP contribution in [0.4, 0.5) is 5.69 Å². The van der Waals surface area contributed by atoms with E-state index in [0.717, 1.165) is 23.1 Å². The second-order valence-corrected chi connectivity index (χ2v) is 4.62. The summed E-state index contributed by atoms with van der Waals surface area (Å²) in [5.41, 5.74) is 4.47. The van der Waals surface area contributed by atoms with Gasteiger partial charge in [-0.2, -0.15) is 10.2 Å². The van der Waals surface area contributed by atoms with Crippen molar-refractivity contribution >= 4 is 16.6 Å². The van der Waals surface area contributed by atoms with Crippen LogP contribution in [0.3, 0.4) is 0 Å². The van der Waals surface area contributed by atoms with Gasteiger partial charge in [-0.3, -0.25) is 0 Å². The Labute approximate surface area is 112 Å². The highest BCUT2D eigenvalue weighted by molar-refractivity contribution is 5.90. The predicted octanol–water partition coefficient (Wildman–Crippen LogP) is 3.55. The smallest absolute Gasteiger partial charge is 0.0950 e. The van der Waals surface area contributed by atoms with Crippen molar-refractivity contribution in [1.82, 2.24) is 10.2 Å². The lowest BCUT2D eigenvalue weighted by Gasteiger charge is -2.09. The van der Waals surface area contributed by atoms with Gasteiger partial charge < -0.3 is 5.32 Å². The summed E-state index contributed by atoms with van der Waals surface area (Å²) in [7, 11) is 0. The van der Waals surface area contributed by atoms with Crippen LogP contribution in [0, 0.1) is 6.92 Å². The molecule has 0 radical (unpaired) electrons. The molecule has 0 aliphatic carbocycles. The van der Waals surface area contributed by atoms with Crippen molar-refractivity contribution in [1.29, 1.82) is 0 Å². The van der Waals surface area contributed by atoms with Crippen LogP contribution in [0.2, 0.25) is 0 Å². The molecule has 0 atom stereocenters. The summed E-state index contributed by atoms with van der Waals surface area (Å²) in [6.45, 7) is 2.89. The minimum absolute atomic E-state index is 0.789. The highest BCUT2D eigenvalue weighted by Gasteiger charge is 2.01. The summed E-state index contributed by atoms with van der Waals surface area (Å²) in [4.78, 5) is 0. The summed E-state index contributed by atoms with van der Waals surface area (Å²) in [5, 5.41) is 12.7. The van der Waals surface area contributed by atoms with Gasteiger partial charge in [0.25, 0.3) is 0 Å². The molecule has 19 heavy (non-hydrogen) atoms. The van der Waals surface area contributed by atoms with Gasteiger partial charge in [-0.05, 0) is 18.6 Å². The molecule has 0 fully saturated rings. The van der Waals surface area contributed by atoms with Crippen molar-refractivity contribution < 1.29 is 0 Å². The van der Waals surface area contributed by atoms with Crippen LogP contribution in [0.15, 0.2) is 54.7 Å². The molecule has 3 aromatic rings. The number of hydrogen-bond donors (Lipinski definition) is 1. The molecule has 3 nitrogen and oxygen atoms in total. The zero-order valence-corrected chi connectivity index (χ0v) is 10.8. The Kier molecular flexibility index (Phi) is 3.11. The van der Waals surface area contributed by atoms with Gasteiger partial charge >= 0.3 is 0 Å². The summed E-state index contributed by atoms with van der Waals surface area (Å²) < 4.78 is 0. The first-order valence-electron chi connectivity index (χ1n) is 6.33. The number of benzene rings is 2. The van der Waals surface area contributed by atoms with E-state index in [4.69, 9.17) is 0 Å². The zero-order valence-electron chi connectivity index (χ0n) is 10.8. The molecule has 1 aromatic heterocycles. The first-order valence-corrected chi connectivity index (χ1v) is 6.33. The first-order chi connectivity index (χ1) is 9.33. The van der Waals surface area contributed by atoms with Crippen LogP contribution in [-0.2, 0) is 6.54 Å². The zero-order chi connectivity index (χ0) is 13.1. The van der Waals surface area contributed by atoms with Crippen LogP contribution in [-0.4, -0.2) is 10.2 Å². The molecular formula is C16H15N3. The fraction of sp³-hybridized carbons (Fsp3) is 0.125. The topological polar surface area (TPSA) is 37.8 Å². The third-order valence-electron chi connectivity index (χ3n) is 3.11.